The molecule has 1 aliphatic rings. The number of nitrogens with zero attached hydrogens (tertiary/aromatic N) is 1. The van der Waals surface area contributed by atoms with Gasteiger partial charge in [-0.05, 0) is 11.5 Å². The lowest BCUT2D eigenvalue weighted by Crippen LogP contribution is -2.35. The van der Waals surface area contributed by atoms with Gasteiger partial charge in [-0.1, -0.05) is 36.4 Å². The van der Waals surface area contributed by atoms with E-state index in [2.05, 4.69) is 5.32 Å². The molecule has 2 aromatic rings. The summed E-state index contributed by atoms with van der Waals surface area (Å²) in [5.74, 6) is -0.140. The summed E-state index contributed by atoms with van der Waals surface area (Å²) in [4.78, 5) is 25.2. The molecule has 4 nitrogen and oxygen atoms in total. The number of anilines is 1. The molecule has 0 saturated carbocycles. The summed E-state index contributed by atoms with van der Waals surface area (Å²) < 4.78 is 0. The van der Waals surface area contributed by atoms with Crippen molar-refractivity contribution >= 4 is 28.3 Å². The van der Waals surface area contributed by atoms with Crippen molar-refractivity contribution in [1.82, 2.24) is 5.32 Å². The van der Waals surface area contributed by atoms with Crippen LogP contribution in [0, 0.1) is 0 Å². The van der Waals surface area contributed by atoms with Crippen LogP contribution in [0.5, 0.6) is 0 Å². The van der Waals surface area contributed by atoms with E-state index in [-0.39, 0.29) is 18.4 Å². The molecule has 4 heteroatoms. The number of nitrogens with one attached hydrogen (secondary N) is 1. The molecule has 0 spiro atoms. The Morgan fingerprint density at radius 1 is 1.00 bits per heavy atom. The van der Waals surface area contributed by atoms with Crippen molar-refractivity contribution in [3.63, 3.8) is 0 Å². The molecule has 19 heavy (non-hydrogen) atoms. The van der Waals surface area contributed by atoms with Gasteiger partial charge in [-0.15, -0.1) is 0 Å². The Hall–Kier alpha value is -2.36. The third-order valence-electron chi connectivity index (χ3n) is 3.36. The maximum atomic E-state index is 12.1. The van der Waals surface area contributed by atoms with Crippen LogP contribution in [-0.4, -0.2) is 24.9 Å². The maximum absolute atomic E-state index is 12.1. The summed E-state index contributed by atoms with van der Waals surface area (Å²) >= 11 is 0. The fourth-order valence-electron chi connectivity index (χ4n) is 2.39. The van der Waals surface area contributed by atoms with Crippen LogP contribution in [0.4, 0.5) is 5.69 Å². The van der Waals surface area contributed by atoms with Gasteiger partial charge in [-0.2, -0.15) is 0 Å². The quantitative estimate of drug-likeness (QED) is 0.842. The Balaban J connectivity index is 2.08. The van der Waals surface area contributed by atoms with Crippen LogP contribution in [0.25, 0.3) is 10.8 Å². The molecule has 1 aliphatic heterocycles. The van der Waals surface area contributed by atoms with E-state index in [1.165, 1.54) is 0 Å². The molecule has 3 rings (SSSR count). The largest absolute Gasteiger partial charge is 0.347 e. The number of hydrogen-bond acceptors (Lipinski definition) is 2. The highest BCUT2D eigenvalue weighted by Crippen LogP contribution is 2.27. The van der Waals surface area contributed by atoms with E-state index < -0.39 is 0 Å². The Morgan fingerprint density at radius 3 is 2.68 bits per heavy atom. The highest BCUT2D eigenvalue weighted by atomic mass is 16.2. The molecule has 1 fully saturated rings. The first kappa shape index (κ1) is 11.7. The zero-order valence-corrected chi connectivity index (χ0v) is 10.4. The van der Waals surface area contributed by atoms with Crippen molar-refractivity contribution in [3.8, 4) is 0 Å². The van der Waals surface area contributed by atoms with Crippen molar-refractivity contribution in [2.75, 3.05) is 18.0 Å². The molecule has 2 amide bonds. The highest BCUT2D eigenvalue weighted by molar-refractivity contribution is 6.06. The minimum atomic E-state index is -0.0731. The van der Waals surface area contributed by atoms with E-state index in [1.807, 2.05) is 42.5 Å². The van der Waals surface area contributed by atoms with E-state index in [0.717, 1.165) is 16.5 Å². The zero-order valence-electron chi connectivity index (χ0n) is 10.4. The van der Waals surface area contributed by atoms with Gasteiger partial charge in [-0.25, -0.2) is 0 Å². The third kappa shape index (κ3) is 2.17. The van der Waals surface area contributed by atoms with Crippen LogP contribution >= 0.6 is 0 Å². The maximum Gasteiger partial charge on any atom is 0.246 e. The lowest BCUT2D eigenvalue weighted by molar-refractivity contribution is -0.123. The van der Waals surface area contributed by atoms with Gasteiger partial charge in [0.15, 0.2) is 0 Å². The highest BCUT2D eigenvalue weighted by Gasteiger charge is 2.22. The second kappa shape index (κ2) is 4.72. The number of carbonyl (C=O) groups is 2. The lowest BCUT2D eigenvalue weighted by Gasteiger charge is -2.21. The number of hydrogen-bond donors (Lipinski definition) is 1. The molecule has 2 aromatic carbocycles. The molecule has 1 N–H and O–H groups in total. The summed E-state index contributed by atoms with van der Waals surface area (Å²) in [5, 5.41) is 4.74. The topological polar surface area (TPSA) is 49.4 Å². The third-order valence-corrected chi connectivity index (χ3v) is 3.36. The predicted molar refractivity (Wildman–Crippen MR) is 73.9 cm³/mol. The first-order valence-corrected chi connectivity index (χ1v) is 6.30. The molecule has 96 valence electrons. The number of benzene rings is 2. The summed E-state index contributed by atoms with van der Waals surface area (Å²) in [6.07, 6.45) is 0.342. The van der Waals surface area contributed by atoms with E-state index in [9.17, 15) is 9.59 Å². The molecule has 0 unspecified atom stereocenters. The molecule has 0 aliphatic carbocycles. The molecular weight excluding hydrogens is 240 g/mol. The van der Waals surface area contributed by atoms with Gasteiger partial charge in [0.05, 0.1) is 12.2 Å². The Bertz CT molecular complexity index is 646. The molecular formula is C15H14N2O2. The Morgan fingerprint density at radius 2 is 1.79 bits per heavy atom. The molecule has 1 heterocycles. The minimum Gasteiger partial charge on any atom is -0.347 e. The van der Waals surface area contributed by atoms with E-state index >= 15 is 0 Å². The second-order valence-corrected chi connectivity index (χ2v) is 4.57. The summed E-state index contributed by atoms with van der Waals surface area (Å²) in [7, 11) is 0. The van der Waals surface area contributed by atoms with E-state index in [0.29, 0.717) is 13.0 Å². The van der Waals surface area contributed by atoms with Crippen LogP contribution in [0.3, 0.4) is 0 Å². The van der Waals surface area contributed by atoms with Crippen molar-refractivity contribution < 1.29 is 9.59 Å². The monoisotopic (exact) mass is 254 g/mol. The minimum absolute atomic E-state index is 0.0674. The van der Waals surface area contributed by atoms with Crippen molar-refractivity contribution in [1.29, 1.82) is 0 Å². The summed E-state index contributed by atoms with van der Waals surface area (Å²) in [6, 6.07) is 13.8. The fraction of sp³-hybridized carbons (Fsp3) is 0.200. The smallest absolute Gasteiger partial charge is 0.246 e. The fourth-order valence-corrected chi connectivity index (χ4v) is 2.39. The van der Waals surface area contributed by atoms with E-state index in [4.69, 9.17) is 0 Å². The zero-order chi connectivity index (χ0) is 13.2. The number of amides is 2. The average Bonchev–Trinajstić information content (AvgIpc) is 2.61. The number of carbonyl (C=O) groups excluding carboxylic acids is 2. The first-order valence-electron chi connectivity index (χ1n) is 6.30. The van der Waals surface area contributed by atoms with Crippen LogP contribution in [0.15, 0.2) is 42.5 Å². The number of rotatable bonds is 1. The van der Waals surface area contributed by atoms with Crippen molar-refractivity contribution in [3.05, 3.63) is 42.5 Å². The van der Waals surface area contributed by atoms with E-state index in [1.54, 1.807) is 4.90 Å². The van der Waals surface area contributed by atoms with Gasteiger partial charge in [0.25, 0.3) is 0 Å². The van der Waals surface area contributed by atoms with Crippen LogP contribution in [0.2, 0.25) is 0 Å². The second-order valence-electron chi connectivity index (χ2n) is 4.57. The predicted octanol–water partition coefficient (Wildman–Crippen LogP) is 1.69. The Labute approximate surface area is 111 Å². The lowest BCUT2D eigenvalue weighted by atomic mass is 10.1. The Kier molecular flexibility index (Phi) is 2.91. The van der Waals surface area contributed by atoms with Gasteiger partial charge in [0.1, 0.15) is 0 Å². The van der Waals surface area contributed by atoms with Gasteiger partial charge in [0, 0.05) is 18.4 Å². The molecule has 0 aromatic heterocycles. The van der Waals surface area contributed by atoms with Crippen LogP contribution < -0.4 is 10.2 Å². The van der Waals surface area contributed by atoms with Gasteiger partial charge in [0.2, 0.25) is 11.8 Å². The SMILES string of the molecule is O=C1CCN(c2cccc3ccccc23)C(=O)CN1. The molecule has 0 bridgehead atoms. The molecule has 0 atom stereocenters. The summed E-state index contributed by atoms with van der Waals surface area (Å²) in [5.41, 5.74) is 0.875. The molecule has 1 saturated heterocycles. The standard InChI is InChI=1S/C15H14N2O2/c18-14-8-9-17(15(19)10-16-14)13-7-3-5-11-4-1-2-6-12(11)13/h1-7H,8-10H2,(H,16,18). The van der Waals surface area contributed by atoms with Crippen molar-refractivity contribution in [2.24, 2.45) is 0 Å². The van der Waals surface area contributed by atoms with Crippen molar-refractivity contribution in [2.45, 2.75) is 6.42 Å². The molecule has 0 radical (unpaired) electrons. The normalized spacial score (nSPS) is 16.3. The van der Waals surface area contributed by atoms with Gasteiger partial charge >= 0.3 is 0 Å². The van der Waals surface area contributed by atoms with Gasteiger partial charge < -0.3 is 10.2 Å². The number of fused-ring (bicyclic) bond motifs is 1. The summed E-state index contributed by atoms with van der Waals surface area (Å²) in [6.45, 7) is 0.501. The first-order chi connectivity index (χ1) is 9.25. The van der Waals surface area contributed by atoms with Crippen LogP contribution in [-0.2, 0) is 9.59 Å². The van der Waals surface area contributed by atoms with Crippen LogP contribution in [0.1, 0.15) is 6.42 Å². The average molecular weight is 254 g/mol. The van der Waals surface area contributed by atoms with Gasteiger partial charge in [-0.3, -0.25) is 9.59 Å².